The first-order valence-electron chi connectivity index (χ1n) is 5.95. The number of carbonyl (C=O) groups is 4. The van der Waals surface area contributed by atoms with Gasteiger partial charge in [-0.15, -0.1) is 0 Å². The number of Topliss-reactive ketones (excluding diaryl/α,β-unsaturated/α-hetero) is 1. The highest BCUT2D eigenvalue weighted by atomic mass is 35.5. The first-order chi connectivity index (χ1) is 10.2. The highest BCUT2D eigenvalue weighted by molar-refractivity contribution is 6.49. The van der Waals surface area contributed by atoms with Gasteiger partial charge in [0.15, 0.2) is 17.3 Å². The lowest BCUT2D eigenvalue weighted by molar-refractivity contribution is -0.134. The lowest BCUT2D eigenvalue weighted by atomic mass is 9.92. The Bertz CT molecular complexity index is 761. The first kappa shape index (κ1) is 15.7. The molecule has 0 saturated carbocycles. The Hall–Kier alpha value is -2.67. The molecule has 8 heteroatoms. The Kier molecular flexibility index (Phi) is 4.01. The number of esters is 2. The summed E-state index contributed by atoms with van der Waals surface area (Å²) in [5.74, 6) is -4.54. The minimum atomic E-state index is -0.809. The molecule has 0 aliphatic heterocycles. The van der Waals surface area contributed by atoms with Crippen LogP contribution in [0, 0.1) is 0 Å². The molecule has 0 aromatic heterocycles. The Balaban J connectivity index is 2.79. The van der Waals surface area contributed by atoms with E-state index in [4.69, 9.17) is 21.1 Å². The van der Waals surface area contributed by atoms with Crippen LogP contribution in [0.5, 0.6) is 17.2 Å². The summed E-state index contributed by atoms with van der Waals surface area (Å²) in [6.07, 6.45) is 0.830. The fraction of sp³-hybridized carbons (Fsp3) is 0.143. The molecule has 0 radical (unpaired) electrons. The number of ether oxygens (including phenoxy) is 2. The average Bonchev–Trinajstić information content (AvgIpc) is 2.37. The Morgan fingerprint density at radius 2 is 1.68 bits per heavy atom. The summed E-state index contributed by atoms with van der Waals surface area (Å²) in [5, 5.41) is 9.54. The van der Waals surface area contributed by atoms with Gasteiger partial charge in [-0.1, -0.05) is 11.6 Å². The number of ketones is 2. The van der Waals surface area contributed by atoms with Crippen molar-refractivity contribution in [2.75, 3.05) is 0 Å². The van der Waals surface area contributed by atoms with Crippen LogP contribution >= 0.6 is 11.6 Å². The van der Waals surface area contributed by atoms with Gasteiger partial charge in [-0.25, -0.2) is 0 Å². The third kappa shape index (κ3) is 2.71. The van der Waals surface area contributed by atoms with Crippen molar-refractivity contribution < 1.29 is 33.8 Å². The zero-order chi connectivity index (χ0) is 16.6. The van der Waals surface area contributed by atoms with Gasteiger partial charge >= 0.3 is 11.9 Å². The molecule has 1 N–H and O–H groups in total. The van der Waals surface area contributed by atoms with Gasteiger partial charge in [0.25, 0.3) is 0 Å². The molecule has 1 aliphatic rings. The molecule has 0 spiro atoms. The number of hydrogen-bond acceptors (Lipinski definition) is 7. The van der Waals surface area contributed by atoms with Crippen molar-refractivity contribution in [1.82, 2.24) is 0 Å². The summed E-state index contributed by atoms with van der Waals surface area (Å²) in [7, 11) is 0. The van der Waals surface area contributed by atoms with Crippen LogP contribution in [-0.4, -0.2) is 28.6 Å². The number of aromatic hydroxyl groups is 1. The molecule has 0 fully saturated rings. The normalized spacial score (nSPS) is 13.3. The van der Waals surface area contributed by atoms with E-state index in [2.05, 4.69) is 0 Å². The standard InChI is InChI=1S/C14H9ClO7/c1-5(16)21-10-4-9(19)11-12(14(10)22-6(2)17)8(18)3-7(15)13(11)20/h3-4,19H,1-2H3. The molecule has 0 unspecified atom stereocenters. The summed E-state index contributed by atoms with van der Waals surface area (Å²) in [6, 6.07) is 0.902. The maximum absolute atomic E-state index is 12.1. The van der Waals surface area contributed by atoms with E-state index in [-0.39, 0.29) is 16.3 Å². The Labute approximate surface area is 129 Å². The van der Waals surface area contributed by atoms with Gasteiger partial charge in [-0.3, -0.25) is 19.2 Å². The minimum Gasteiger partial charge on any atom is -0.507 e. The van der Waals surface area contributed by atoms with Crippen LogP contribution in [0.4, 0.5) is 0 Å². The molecule has 0 bridgehead atoms. The van der Waals surface area contributed by atoms with Crippen molar-refractivity contribution in [3.8, 4) is 17.2 Å². The van der Waals surface area contributed by atoms with Crippen LogP contribution in [0.25, 0.3) is 0 Å². The van der Waals surface area contributed by atoms with Crippen LogP contribution in [0.3, 0.4) is 0 Å². The van der Waals surface area contributed by atoms with Crippen LogP contribution in [-0.2, 0) is 9.59 Å². The van der Waals surface area contributed by atoms with Gasteiger partial charge in [-0.05, 0) is 0 Å². The van der Waals surface area contributed by atoms with E-state index in [1.165, 1.54) is 0 Å². The van der Waals surface area contributed by atoms with E-state index < -0.39 is 40.6 Å². The van der Waals surface area contributed by atoms with E-state index in [1.54, 1.807) is 0 Å². The second kappa shape index (κ2) is 5.61. The number of allylic oxidation sites excluding steroid dienone is 2. The molecular weight excluding hydrogens is 316 g/mol. The Morgan fingerprint density at radius 1 is 1.09 bits per heavy atom. The van der Waals surface area contributed by atoms with E-state index in [0.717, 1.165) is 26.0 Å². The molecule has 1 aromatic rings. The minimum absolute atomic E-state index is 0.355. The van der Waals surface area contributed by atoms with Crippen LogP contribution < -0.4 is 9.47 Å². The Morgan fingerprint density at radius 3 is 2.23 bits per heavy atom. The molecule has 0 atom stereocenters. The van der Waals surface area contributed by atoms with Gasteiger partial charge in [-0.2, -0.15) is 0 Å². The van der Waals surface area contributed by atoms with Gasteiger partial charge in [0.1, 0.15) is 5.75 Å². The number of phenolic OH excluding ortho intramolecular Hbond substituents is 1. The maximum atomic E-state index is 12.1. The largest absolute Gasteiger partial charge is 0.507 e. The molecule has 2 rings (SSSR count). The van der Waals surface area contributed by atoms with Crippen molar-refractivity contribution in [3.05, 3.63) is 28.3 Å². The number of rotatable bonds is 2. The zero-order valence-corrected chi connectivity index (χ0v) is 12.2. The summed E-state index contributed by atoms with van der Waals surface area (Å²) in [5.41, 5.74) is -0.800. The molecule has 7 nitrogen and oxygen atoms in total. The summed E-state index contributed by atoms with van der Waals surface area (Å²) in [6.45, 7) is 2.15. The third-order valence-electron chi connectivity index (χ3n) is 2.67. The highest BCUT2D eigenvalue weighted by Crippen LogP contribution is 2.43. The quantitative estimate of drug-likeness (QED) is 0.652. The fourth-order valence-electron chi connectivity index (χ4n) is 1.94. The highest BCUT2D eigenvalue weighted by Gasteiger charge is 2.34. The average molecular weight is 325 g/mol. The number of hydrogen-bond donors (Lipinski definition) is 1. The molecule has 1 aromatic carbocycles. The number of benzene rings is 1. The molecule has 22 heavy (non-hydrogen) atoms. The SMILES string of the molecule is CC(=O)Oc1cc(O)c2c(c1OC(C)=O)C(=O)C=C(Cl)C2=O. The number of fused-ring (bicyclic) bond motifs is 1. The van der Waals surface area contributed by atoms with Crippen LogP contribution in [0.1, 0.15) is 34.6 Å². The predicted octanol–water partition coefficient (Wildman–Crippen LogP) is 1.74. The lowest BCUT2D eigenvalue weighted by Crippen LogP contribution is -2.19. The molecule has 0 heterocycles. The van der Waals surface area contributed by atoms with Crippen molar-refractivity contribution in [2.45, 2.75) is 13.8 Å². The lowest BCUT2D eigenvalue weighted by Gasteiger charge is -2.18. The predicted molar refractivity (Wildman–Crippen MR) is 73.3 cm³/mol. The maximum Gasteiger partial charge on any atom is 0.308 e. The van der Waals surface area contributed by atoms with Crippen LogP contribution in [0.15, 0.2) is 17.2 Å². The van der Waals surface area contributed by atoms with Crippen molar-refractivity contribution >= 4 is 35.1 Å². The number of phenols is 1. The second-order valence-electron chi connectivity index (χ2n) is 4.35. The smallest absolute Gasteiger partial charge is 0.308 e. The second-order valence-corrected chi connectivity index (χ2v) is 4.75. The van der Waals surface area contributed by atoms with E-state index in [1.807, 2.05) is 0 Å². The van der Waals surface area contributed by atoms with Gasteiger partial charge in [0.05, 0.1) is 16.2 Å². The number of halogens is 1. The van der Waals surface area contributed by atoms with Crippen molar-refractivity contribution in [3.63, 3.8) is 0 Å². The van der Waals surface area contributed by atoms with Crippen LogP contribution in [0.2, 0.25) is 0 Å². The van der Waals surface area contributed by atoms with E-state index >= 15 is 0 Å². The summed E-state index contributed by atoms with van der Waals surface area (Å²) >= 11 is 5.63. The fourth-order valence-corrected chi connectivity index (χ4v) is 2.13. The molecule has 0 amide bonds. The topological polar surface area (TPSA) is 107 Å². The molecule has 1 aliphatic carbocycles. The molecular formula is C14H9ClO7. The zero-order valence-electron chi connectivity index (χ0n) is 11.4. The van der Waals surface area contributed by atoms with E-state index in [9.17, 15) is 24.3 Å². The van der Waals surface area contributed by atoms with Crippen molar-refractivity contribution in [2.24, 2.45) is 0 Å². The number of carbonyl (C=O) groups excluding carboxylic acids is 4. The van der Waals surface area contributed by atoms with Gasteiger partial charge in [0, 0.05) is 26.0 Å². The van der Waals surface area contributed by atoms with Crippen molar-refractivity contribution in [1.29, 1.82) is 0 Å². The molecule has 0 saturated heterocycles. The van der Waals surface area contributed by atoms with E-state index in [0.29, 0.717) is 0 Å². The third-order valence-corrected chi connectivity index (χ3v) is 2.95. The van der Waals surface area contributed by atoms with Gasteiger partial charge in [0.2, 0.25) is 5.78 Å². The first-order valence-corrected chi connectivity index (χ1v) is 6.33. The summed E-state index contributed by atoms with van der Waals surface area (Å²) < 4.78 is 9.69. The van der Waals surface area contributed by atoms with Gasteiger partial charge < -0.3 is 14.6 Å². The monoisotopic (exact) mass is 324 g/mol. The summed E-state index contributed by atoms with van der Waals surface area (Å²) in [4.78, 5) is 46.4. The molecule has 114 valence electrons.